The molecular formula is C19H21ClN2O5S. The molecule has 2 aromatic carbocycles. The summed E-state index contributed by atoms with van der Waals surface area (Å²) in [5.74, 6) is 0.438. The average Bonchev–Trinajstić information content (AvgIpc) is 2.67. The third-order valence-electron chi connectivity index (χ3n) is 4.34. The number of hydrogen-bond donors (Lipinski definition) is 1. The SMILES string of the molecule is C[C@@H](NC(=O)CN(C)S(=O)(=O)c1ccc2c(c1)OCCO2)c1ccccc1Cl. The van der Waals surface area contributed by atoms with Crippen LogP contribution in [0, 0.1) is 0 Å². The number of nitrogens with zero attached hydrogens (tertiary/aromatic N) is 1. The van der Waals surface area contributed by atoms with E-state index in [0.717, 1.165) is 9.87 Å². The van der Waals surface area contributed by atoms with Crippen LogP contribution in [0.1, 0.15) is 18.5 Å². The summed E-state index contributed by atoms with van der Waals surface area (Å²) in [6.45, 7) is 2.23. The van der Waals surface area contributed by atoms with Gasteiger partial charge in [-0.05, 0) is 30.7 Å². The summed E-state index contributed by atoms with van der Waals surface area (Å²) >= 11 is 6.14. The number of fused-ring (bicyclic) bond motifs is 1. The van der Waals surface area contributed by atoms with E-state index in [1.807, 2.05) is 12.1 Å². The van der Waals surface area contributed by atoms with E-state index in [-0.39, 0.29) is 17.5 Å². The lowest BCUT2D eigenvalue weighted by Gasteiger charge is -2.22. The van der Waals surface area contributed by atoms with Crippen molar-refractivity contribution in [2.45, 2.75) is 17.9 Å². The first-order chi connectivity index (χ1) is 13.3. The number of sulfonamides is 1. The van der Waals surface area contributed by atoms with Crippen molar-refractivity contribution in [2.24, 2.45) is 0 Å². The predicted octanol–water partition coefficient (Wildman–Crippen LogP) is 2.61. The van der Waals surface area contributed by atoms with Crippen LogP contribution in [-0.4, -0.2) is 45.4 Å². The smallest absolute Gasteiger partial charge is 0.243 e. The second-order valence-electron chi connectivity index (χ2n) is 6.38. The lowest BCUT2D eigenvalue weighted by atomic mass is 10.1. The van der Waals surface area contributed by atoms with Crippen molar-refractivity contribution in [2.75, 3.05) is 26.8 Å². The Morgan fingerprint density at radius 2 is 1.86 bits per heavy atom. The first kappa shape index (κ1) is 20.4. The van der Waals surface area contributed by atoms with Crippen LogP contribution in [0.2, 0.25) is 5.02 Å². The number of carbonyl (C=O) groups excluding carboxylic acids is 1. The summed E-state index contributed by atoms with van der Waals surface area (Å²) in [7, 11) is -2.51. The molecule has 9 heteroatoms. The second kappa shape index (κ2) is 8.38. The first-order valence-corrected chi connectivity index (χ1v) is 10.5. The summed E-state index contributed by atoms with van der Waals surface area (Å²) in [5.41, 5.74) is 0.759. The van der Waals surface area contributed by atoms with Crippen molar-refractivity contribution in [3.05, 3.63) is 53.1 Å². The standard InChI is InChI=1S/C19H21ClN2O5S/c1-13(15-5-3-4-6-16(15)20)21-19(23)12-22(2)28(24,25)14-7-8-17-18(11-14)27-10-9-26-17/h3-8,11,13H,9-10,12H2,1-2H3,(H,21,23)/t13-/m1/s1. The maximum atomic E-state index is 12.8. The fourth-order valence-electron chi connectivity index (χ4n) is 2.84. The summed E-state index contributed by atoms with van der Waals surface area (Å²) < 4.78 is 37.4. The van der Waals surface area contributed by atoms with Gasteiger partial charge in [-0.25, -0.2) is 8.42 Å². The maximum Gasteiger partial charge on any atom is 0.243 e. The van der Waals surface area contributed by atoms with Crippen molar-refractivity contribution in [3.8, 4) is 11.5 Å². The molecule has 0 fully saturated rings. The van der Waals surface area contributed by atoms with Crippen LogP contribution >= 0.6 is 11.6 Å². The molecule has 0 aromatic heterocycles. The molecule has 150 valence electrons. The molecule has 0 aliphatic carbocycles. The number of ether oxygens (including phenoxy) is 2. The Hall–Kier alpha value is -2.29. The van der Waals surface area contributed by atoms with Crippen LogP contribution in [0.25, 0.3) is 0 Å². The molecule has 0 unspecified atom stereocenters. The van der Waals surface area contributed by atoms with Crippen molar-refractivity contribution >= 4 is 27.5 Å². The van der Waals surface area contributed by atoms with E-state index < -0.39 is 15.9 Å². The zero-order chi connectivity index (χ0) is 20.3. The molecule has 0 bridgehead atoms. The molecule has 7 nitrogen and oxygen atoms in total. The molecule has 1 heterocycles. The number of amides is 1. The summed E-state index contributed by atoms with van der Waals surface area (Å²) in [4.78, 5) is 12.4. The molecular weight excluding hydrogens is 404 g/mol. The van der Waals surface area contributed by atoms with Crippen molar-refractivity contribution in [1.29, 1.82) is 0 Å². The Labute approximate surface area is 169 Å². The van der Waals surface area contributed by atoms with Gasteiger partial charge in [-0.15, -0.1) is 0 Å². The van der Waals surface area contributed by atoms with Crippen LogP contribution in [0.5, 0.6) is 11.5 Å². The van der Waals surface area contributed by atoms with Crippen molar-refractivity contribution in [1.82, 2.24) is 9.62 Å². The molecule has 0 saturated heterocycles. The van der Waals surface area contributed by atoms with Gasteiger partial charge in [-0.3, -0.25) is 4.79 Å². The van der Waals surface area contributed by atoms with Gasteiger partial charge >= 0.3 is 0 Å². The van der Waals surface area contributed by atoms with Crippen LogP contribution in [-0.2, 0) is 14.8 Å². The van der Waals surface area contributed by atoms with Crippen molar-refractivity contribution < 1.29 is 22.7 Å². The zero-order valence-corrected chi connectivity index (χ0v) is 17.1. The molecule has 0 saturated carbocycles. The Bertz CT molecular complexity index is 980. The quantitative estimate of drug-likeness (QED) is 0.770. The van der Waals surface area contributed by atoms with Gasteiger partial charge in [-0.1, -0.05) is 29.8 Å². The van der Waals surface area contributed by atoms with Gasteiger partial charge in [0.1, 0.15) is 13.2 Å². The molecule has 3 rings (SSSR count). The fourth-order valence-corrected chi connectivity index (χ4v) is 4.28. The van der Waals surface area contributed by atoms with Gasteiger partial charge in [0.05, 0.1) is 17.5 Å². The normalized spacial score (nSPS) is 14.6. The average molecular weight is 425 g/mol. The molecule has 1 atom stereocenters. The van der Waals surface area contributed by atoms with Crippen LogP contribution in [0.4, 0.5) is 0 Å². The number of carbonyl (C=O) groups is 1. The number of nitrogens with one attached hydrogen (secondary N) is 1. The third-order valence-corrected chi connectivity index (χ3v) is 6.48. The summed E-state index contributed by atoms with van der Waals surface area (Å²) in [6.07, 6.45) is 0. The minimum absolute atomic E-state index is 0.0335. The summed E-state index contributed by atoms with van der Waals surface area (Å²) in [6, 6.07) is 11.2. The molecule has 2 aromatic rings. The highest BCUT2D eigenvalue weighted by Crippen LogP contribution is 2.33. The van der Waals surface area contributed by atoms with Gasteiger partial charge in [0, 0.05) is 18.1 Å². The van der Waals surface area contributed by atoms with E-state index in [1.165, 1.54) is 19.2 Å². The number of benzene rings is 2. The minimum atomic E-state index is -3.87. The van der Waals surface area contributed by atoms with Crippen LogP contribution in [0.3, 0.4) is 0 Å². The highest BCUT2D eigenvalue weighted by atomic mass is 35.5. The highest BCUT2D eigenvalue weighted by Gasteiger charge is 2.26. The van der Waals surface area contributed by atoms with E-state index in [2.05, 4.69) is 5.32 Å². The maximum absolute atomic E-state index is 12.8. The predicted molar refractivity (Wildman–Crippen MR) is 105 cm³/mol. The minimum Gasteiger partial charge on any atom is -0.486 e. The number of rotatable bonds is 6. The van der Waals surface area contributed by atoms with E-state index in [9.17, 15) is 13.2 Å². The molecule has 28 heavy (non-hydrogen) atoms. The van der Waals surface area contributed by atoms with Gasteiger partial charge in [0.15, 0.2) is 11.5 Å². The van der Waals surface area contributed by atoms with Gasteiger partial charge in [0.2, 0.25) is 15.9 Å². The lowest BCUT2D eigenvalue weighted by Crippen LogP contribution is -2.39. The van der Waals surface area contributed by atoms with E-state index in [4.69, 9.17) is 21.1 Å². The number of hydrogen-bond acceptors (Lipinski definition) is 5. The van der Waals surface area contributed by atoms with E-state index in [0.29, 0.717) is 29.7 Å². The van der Waals surface area contributed by atoms with E-state index >= 15 is 0 Å². The van der Waals surface area contributed by atoms with Gasteiger partial charge in [-0.2, -0.15) is 4.31 Å². The van der Waals surface area contributed by atoms with Crippen LogP contribution in [0.15, 0.2) is 47.4 Å². The number of likely N-dealkylation sites (N-methyl/N-ethyl adjacent to an activating group) is 1. The Balaban J connectivity index is 1.68. The summed E-state index contributed by atoms with van der Waals surface area (Å²) in [5, 5.41) is 3.30. The monoisotopic (exact) mass is 424 g/mol. The largest absolute Gasteiger partial charge is 0.486 e. The Kier molecular flexibility index (Phi) is 6.12. The first-order valence-electron chi connectivity index (χ1n) is 8.69. The molecule has 1 aliphatic rings. The third kappa shape index (κ3) is 4.40. The molecule has 1 amide bonds. The van der Waals surface area contributed by atoms with Crippen LogP contribution < -0.4 is 14.8 Å². The lowest BCUT2D eigenvalue weighted by molar-refractivity contribution is -0.121. The topological polar surface area (TPSA) is 84.9 Å². The van der Waals surface area contributed by atoms with Crippen molar-refractivity contribution in [3.63, 3.8) is 0 Å². The molecule has 1 aliphatic heterocycles. The fraction of sp³-hybridized carbons (Fsp3) is 0.316. The van der Waals surface area contributed by atoms with Gasteiger partial charge < -0.3 is 14.8 Å². The molecule has 1 N–H and O–H groups in total. The van der Waals surface area contributed by atoms with Gasteiger partial charge in [0.25, 0.3) is 0 Å². The highest BCUT2D eigenvalue weighted by molar-refractivity contribution is 7.89. The molecule has 0 spiro atoms. The Morgan fingerprint density at radius 3 is 2.57 bits per heavy atom. The second-order valence-corrected chi connectivity index (χ2v) is 8.83. The number of halogens is 1. The van der Waals surface area contributed by atoms with E-state index in [1.54, 1.807) is 25.1 Å². The Morgan fingerprint density at radius 1 is 1.18 bits per heavy atom. The zero-order valence-electron chi connectivity index (χ0n) is 15.5. The molecule has 0 radical (unpaired) electrons.